The number of aldehydes is 1. The minimum absolute atomic E-state index is 0.0211. The third kappa shape index (κ3) is 1.63. The van der Waals surface area contributed by atoms with Gasteiger partial charge in [0.1, 0.15) is 0 Å². The molecule has 0 aromatic carbocycles. The third-order valence-electron chi connectivity index (χ3n) is 1.74. The number of aromatic amines is 1. The Hall–Kier alpha value is -1.52. The van der Waals surface area contributed by atoms with Gasteiger partial charge in [-0.2, -0.15) is 0 Å². The summed E-state index contributed by atoms with van der Waals surface area (Å²) in [4.78, 5) is 23.8. The molecule has 0 saturated carbocycles. The summed E-state index contributed by atoms with van der Waals surface area (Å²) in [5, 5.41) is 0. The van der Waals surface area contributed by atoms with Gasteiger partial charge in [0.05, 0.1) is 11.3 Å². The molecule has 3 nitrogen and oxygen atoms in total. The molecule has 0 unspecified atom stereocenters. The smallest absolute Gasteiger partial charge is 0.269 e. The number of hydrogen-bond donors (Lipinski definition) is 1. The van der Waals surface area contributed by atoms with Crippen molar-refractivity contribution in [1.82, 2.24) is 4.98 Å². The monoisotopic (exact) mass is 187 g/mol. The molecular formula is C8H7F2NO2. The van der Waals surface area contributed by atoms with Crippen LogP contribution in [0.25, 0.3) is 0 Å². The molecule has 0 fully saturated rings. The summed E-state index contributed by atoms with van der Waals surface area (Å²) in [6.07, 6.45) is -1.53. The van der Waals surface area contributed by atoms with Gasteiger partial charge in [-0.3, -0.25) is 9.59 Å². The van der Waals surface area contributed by atoms with Crippen molar-refractivity contribution < 1.29 is 13.6 Å². The lowest BCUT2D eigenvalue weighted by Gasteiger charge is -2.01. The SMILES string of the molecule is Cc1c(C=O)[nH]cc(C(F)F)c1=O. The Labute approximate surface area is 72.4 Å². The van der Waals surface area contributed by atoms with Crippen LogP contribution in [0.1, 0.15) is 28.0 Å². The van der Waals surface area contributed by atoms with E-state index in [1.165, 1.54) is 6.92 Å². The van der Waals surface area contributed by atoms with E-state index in [0.717, 1.165) is 6.20 Å². The fourth-order valence-electron chi connectivity index (χ4n) is 0.953. The average Bonchev–Trinajstić information content (AvgIpc) is 2.09. The van der Waals surface area contributed by atoms with E-state index in [4.69, 9.17) is 0 Å². The van der Waals surface area contributed by atoms with Crippen LogP contribution in [0.5, 0.6) is 0 Å². The van der Waals surface area contributed by atoms with Crippen LogP contribution in [0.15, 0.2) is 11.0 Å². The van der Waals surface area contributed by atoms with E-state index in [0.29, 0.717) is 6.29 Å². The van der Waals surface area contributed by atoms with Gasteiger partial charge in [0.2, 0.25) is 0 Å². The van der Waals surface area contributed by atoms with Crippen LogP contribution in [0.4, 0.5) is 8.78 Å². The van der Waals surface area contributed by atoms with Crippen molar-refractivity contribution in [3.05, 3.63) is 33.2 Å². The Balaban J connectivity index is 3.40. The number of halogens is 2. The summed E-state index contributed by atoms with van der Waals surface area (Å²) in [6, 6.07) is 0. The molecule has 1 heterocycles. The molecular weight excluding hydrogens is 180 g/mol. The van der Waals surface area contributed by atoms with Gasteiger partial charge >= 0.3 is 0 Å². The van der Waals surface area contributed by atoms with Crippen molar-refractivity contribution in [3.63, 3.8) is 0 Å². The summed E-state index contributed by atoms with van der Waals surface area (Å²) >= 11 is 0. The number of H-pyrrole nitrogens is 1. The van der Waals surface area contributed by atoms with E-state index in [9.17, 15) is 18.4 Å². The first-order chi connectivity index (χ1) is 6.07. The van der Waals surface area contributed by atoms with Crippen molar-refractivity contribution in [2.45, 2.75) is 13.3 Å². The Morgan fingerprint density at radius 3 is 2.62 bits per heavy atom. The average molecular weight is 187 g/mol. The van der Waals surface area contributed by atoms with E-state index >= 15 is 0 Å². The quantitative estimate of drug-likeness (QED) is 0.712. The first kappa shape index (κ1) is 9.57. The molecule has 0 saturated heterocycles. The van der Waals surface area contributed by atoms with Crippen LogP contribution < -0.4 is 5.43 Å². The summed E-state index contributed by atoms with van der Waals surface area (Å²) in [6.45, 7) is 1.33. The van der Waals surface area contributed by atoms with Crippen molar-refractivity contribution in [3.8, 4) is 0 Å². The van der Waals surface area contributed by atoms with Crippen LogP contribution in [0, 0.1) is 6.92 Å². The maximum absolute atomic E-state index is 12.1. The van der Waals surface area contributed by atoms with Crippen LogP contribution in [-0.4, -0.2) is 11.3 Å². The zero-order valence-electron chi connectivity index (χ0n) is 6.80. The highest BCUT2D eigenvalue weighted by molar-refractivity contribution is 5.73. The molecule has 0 amide bonds. The molecule has 1 aromatic rings. The first-order valence-electron chi connectivity index (χ1n) is 3.53. The minimum Gasteiger partial charge on any atom is -0.358 e. The molecule has 1 rings (SSSR count). The maximum atomic E-state index is 12.1. The van der Waals surface area contributed by atoms with Crippen molar-refractivity contribution in [2.75, 3.05) is 0 Å². The Bertz CT molecular complexity index is 384. The van der Waals surface area contributed by atoms with Gasteiger partial charge in [-0.15, -0.1) is 0 Å². The lowest BCUT2D eigenvalue weighted by atomic mass is 10.1. The first-order valence-corrected chi connectivity index (χ1v) is 3.53. The normalized spacial score (nSPS) is 10.5. The topological polar surface area (TPSA) is 49.9 Å². The lowest BCUT2D eigenvalue weighted by Crippen LogP contribution is -2.15. The van der Waals surface area contributed by atoms with Crippen molar-refractivity contribution >= 4 is 6.29 Å². The van der Waals surface area contributed by atoms with E-state index in [2.05, 4.69) is 4.98 Å². The Morgan fingerprint density at radius 2 is 2.15 bits per heavy atom. The lowest BCUT2D eigenvalue weighted by molar-refractivity contribution is 0.111. The number of nitrogens with one attached hydrogen (secondary N) is 1. The van der Waals surface area contributed by atoms with E-state index in [1.807, 2.05) is 0 Å². The van der Waals surface area contributed by atoms with Gasteiger partial charge in [0, 0.05) is 11.8 Å². The van der Waals surface area contributed by atoms with Gasteiger partial charge in [-0.25, -0.2) is 8.78 Å². The molecule has 0 aliphatic rings. The summed E-state index contributed by atoms with van der Waals surface area (Å²) in [5.41, 5.74) is -1.33. The molecule has 0 radical (unpaired) electrons. The fraction of sp³-hybridized carbons (Fsp3) is 0.250. The highest BCUT2D eigenvalue weighted by Crippen LogP contribution is 2.14. The standard InChI is InChI=1S/C8H7F2NO2/c1-4-6(3-12)11-2-5(7(4)13)8(9)10/h2-3,8H,1H3,(H,11,13). The Morgan fingerprint density at radius 1 is 1.54 bits per heavy atom. The van der Waals surface area contributed by atoms with Crippen LogP contribution in [0.3, 0.4) is 0 Å². The van der Waals surface area contributed by atoms with Gasteiger partial charge in [-0.05, 0) is 6.92 Å². The van der Waals surface area contributed by atoms with Gasteiger partial charge in [-0.1, -0.05) is 0 Å². The summed E-state index contributed by atoms with van der Waals surface area (Å²) in [7, 11) is 0. The van der Waals surface area contributed by atoms with Crippen LogP contribution in [-0.2, 0) is 0 Å². The second kappa shape index (κ2) is 3.47. The molecule has 1 aromatic heterocycles. The predicted octanol–water partition coefficient (Wildman–Crippen LogP) is 1.43. The molecule has 1 N–H and O–H groups in total. The number of hydrogen-bond acceptors (Lipinski definition) is 2. The molecule has 0 spiro atoms. The predicted molar refractivity (Wildman–Crippen MR) is 42.1 cm³/mol. The summed E-state index contributed by atoms with van der Waals surface area (Å²) in [5.74, 6) is 0. The number of alkyl halides is 2. The van der Waals surface area contributed by atoms with Crippen LogP contribution >= 0.6 is 0 Å². The van der Waals surface area contributed by atoms with Crippen molar-refractivity contribution in [2.24, 2.45) is 0 Å². The molecule has 70 valence electrons. The maximum Gasteiger partial charge on any atom is 0.269 e. The van der Waals surface area contributed by atoms with Gasteiger partial charge < -0.3 is 4.98 Å². The minimum atomic E-state index is -2.82. The number of aromatic nitrogens is 1. The highest BCUT2D eigenvalue weighted by atomic mass is 19.3. The number of carbonyl (C=O) groups excluding carboxylic acids is 1. The van der Waals surface area contributed by atoms with E-state index in [1.54, 1.807) is 0 Å². The second-order valence-corrected chi connectivity index (χ2v) is 2.53. The van der Waals surface area contributed by atoms with Crippen molar-refractivity contribution in [1.29, 1.82) is 0 Å². The zero-order chi connectivity index (χ0) is 10.0. The Kier molecular flexibility index (Phi) is 2.55. The van der Waals surface area contributed by atoms with Crippen LogP contribution in [0.2, 0.25) is 0 Å². The molecule has 0 aliphatic carbocycles. The van der Waals surface area contributed by atoms with E-state index < -0.39 is 17.4 Å². The molecule has 5 heteroatoms. The number of rotatable bonds is 2. The number of pyridine rings is 1. The third-order valence-corrected chi connectivity index (χ3v) is 1.74. The molecule has 0 aliphatic heterocycles. The van der Waals surface area contributed by atoms with E-state index in [-0.39, 0.29) is 11.3 Å². The second-order valence-electron chi connectivity index (χ2n) is 2.53. The number of carbonyl (C=O) groups is 1. The molecule has 13 heavy (non-hydrogen) atoms. The molecule has 0 bridgehead atoms. The largest absolute Gasteiger partial charge is 0.358 e. The molecule has 0 atom stereocenters. The summed E-state index contributed by atoms with van der Waals surface area (Å²) < 4.78 is 24.3. The fourth-order valence-corrected chi connectivity index (χ4v) is 0.953. The van der Waals surface area contributed by atoms with Gasteiger partial charge in [0.15, 0.2) is 11.7 Å². The zero-order valence-corrected chi connectivity index (χ0v) is 6.80. The van der Waals surface area contributed by atoms with Gasteiger partial charge in [0.25, 0.3) is 6.43 Å². The highest BCUT2D eigenvalue weighted by Gasteiger charge is 2.14.